The summed E-state index contributed by atoms with van der Waals surface area (Å²) in [5.74, 6) is 1.12. The Kier molecular flexibility index (Phi) is 6.89. The predicted octanol–water partition coefficient (Wildman–Crippen LogP) is 5.95. The van der Waals surface area contributed by atoms with Crippen LogP contribution in [0.4, 0.5) is 18.0 Å². The number of ether oxygens (including phenoxy) is 2. The Balaban J connectivity index is 1.26. The fourth-order valence-electron chi connectivity index (χ4n) is 4.30. The van der Waals surface area contributed by atoms with E-state index in [1.807, 2.05) is 0 Å². The summed E-state index contributed by atoms with van der Waals surface area (Å²) in [6.45, 7) is 3.06. The first-order chi connectivity index (χ1) is 15.4. The Morgan fingerprint density at radius 2 is 1.31 bits per heavy atom. The van der Waals surface area contributed by atoms with Gasteiger partial charge in [-0.3, -0.25) is 4.90 Å². The minimum absolute atomic E-state index is 0.290. The minimum atomic E-state index is -4.38. The Bertz CT molecular complexity index is 886. The van der Waals surface area contributed by atoms with Gasteiger partial charge in [-0.1, -0.05) is 19.3 Å². The lowest BCUT2D eigenvalue weighted by Crippen LogP contribution is -2.52. The maximum atomic E-state index is 12.6. The number of hydrogen-bond acceptors (Lipinski definition) is 4. The van der Waals surface area contributed by atoms with Gasteiger partial charge in [-0.2, -0.15) is 13.2 Å². The Labute approximate surface area is 185 Å². The summed E-state index contributed by atoms with van der Waals surface area (Å²) in [6.07, 6.45) is 1.68. The van der Waals surface area contributed by atoms with Crippen LogP contribution in [0.3, 0.4) is 0 Å². The fourth-order valence-corrected chi connectivity index (χ4v) is 4.30. The summed E-state index contributed by atoms with van der Waals surface area (Å²) in [7, 11) is 0. The first-order valence-corrected chi connectivity index (χ1v) is 11.0. The lowest BCUT2D eigenvalue weighted by atomic mass is 9.94. The van der Waals surface area contributed by atoms with Gasteiger partial charge in [-0.25, -0.2) is 4.79 Å². The number of benzene rings is 2. The van der Waals surface area contributed by atoms with E-state index in [1.165, 1.54) is 44.2 Å². The molecule has 172 valence electrons. The highest BCUT2D eigenvalue weighted by Gasteiger charge is 2.30. The smallest absolute Gasteiger partial charge is 0.416 e. The largest absolute Gasteiger partial charge is 0.457 e. The normalized spacial score (nSPS) is 18.4. The molecule has 1 saturated heterocycles. The number of carbonyl (C=O) groups excluding carboxylic acids is 1. The lowest BCUT2D eigenvalue weighted by molar-refractivity contribution is -0.137. The first-order valence-electron chi connectivity index (χ1n) is 11.0. The van der Waals surface area contributed by atoms with E-state index in [4.69, 9.17) is 9.47 Å². The molecule has 0 bridgehead atoms. The lowest BCUT2D eigenvalue weighted by Gasteiger charge is -2.40. The third kappa shape index (κ3) is 5.73. The van der Waals surface area contributed by atoms with Gasteiger partial charge in [0.15, 0.2) is 0 Å². The SMILES string of the molecule is O=C(Oc1ccc(Oc2ccc(C(F)(F)F)cc2)cc1)N1CCN(C2CCCCC2)CC1. The number of nitrogens with zero attached hydrogens (tertiary/aromatic N) is 2. The number of amides is 1. The van der Waals surface area contributed by atoms with E-state index in [2.05, 4.69) is 4.90 Å². The molecule has 0 N–H and O–H groups in total. The van der Waals surface area contributed by atoms with E-state index in [0.29, 0.717) is 36.4 Å². The van der Waals surface area contributed by atoms with Crippen molar-refractivity contribution in [3.63, 3.8) is 0 Å². The van der Waals surface area contributed by atoms with Crippen LogP contribution < -0.4 is 9.47 Å². The molecule has 0 unspecified atom stereocenters. The molecule has 1 amide bonds. The second kappa shape index (κ2) is 9.81. The van der Waals surface area contributed by atoms with Crippen molar-refractivity contribution in [2.45, 2.75) is 44.3 Å². The van der Waals surface area contributed by atoms with Gasteiger partial charge in [0.1, 0.15) is 17.2 Å². The summed E-state index contributed by atoms with van der Waals surface area (Å²) < 4.78 is 49.0. The van der Waals surface area contributed by atoms with Crippen molar-refractivity contribution in [1.29, 1.82) is 0 Å². The maximum Gasteiger partial charge on any atom is 0.416 e. The van der Waals surface area contributed by atoms with Crippen LogP contribution in [0.15, 0.2) is 48.5 Å². The summed E-state index contributed by atoms with van der Waals surface area (Å²) in [5, 5.41) is 0. The van der Waals surface area contributed by atoms with E-state index in [1.54, 1.807) is 29.2 Å². The molecule has 32 heavy (non-hydrogen) atoms. The van der Waals surface area contributed by atoms with E-state index >= 15 is 0 Å². The van der Waals surface area contributed by atoms with Crippen molar-refractivity contribution in [1.82, 2.24) is 9.80 Å². The number of hydrogen-bond donors (Lipinski definition) is 0. The monoisotopic (exact) mass is 448 g/mol. The van der Waals surface area contributed by atoms with Crippen LogP contribution >= 0.6 is 0 Å². The highest BCUT2D eigenvalue weighted by atomic mass is 19.4. The van der Waals surface area contributed by atoms with Crippen molar-refractivity contribution in [3.8, 4) is 17.2 Å². The van der Waals surface area contributed by atoms with Crippen LogP contribution in [-0.2, 0) is 6.18 Å². The van der Waals surface area contributed by atoms with E-state index in [9.17, 15) is 18.0 Å². The van der Waals surface area contributed by atoms with Crippen LogP contribution in [0.5, 0.6) is 17.2 Å². The second-order valence-corrected chi connectivity index (χ2v) is 8.28. The van der Waals surface area contributed by atoms with Crippen LogP contribution in [0.1, 0.15) is 37.7 Å². The number of alkyl halides is 3. The van der Waals surface area contributed by atoms with Crippen LogP contribution in [0.2, 0.25) is 0 Å². The standard InChI is InChI=1S/C24H27F3N2O3/c25-24(26,27)18-6-8-20(9-7-18)31-21-10-12-22(13-11-21)32-23(30)29-16-14-28(15-17-29)19-4-2-1-3-5-19/h6-13,19H,1-5,14-17H2. The zero-order chi connectivity index (χ0) is 22.6. The molecule has 1 saturated carbocycles. The molecule has 0 radical (unpaired) electrons. The molecule has 5 nitrogen and oxygen atoms in total. The van der Waals surface area contributed by atoms with Gasteiger partial charge in [0, 0.05) is 32.2 Å². The molecular formula is C24H27F3N2O3. The van der Waals surface area contributed by atoms with Gasteiger partial charge in [0.25, 0.3) is 0 Å². The molecular weight excluding hydrogens is 421 g/mol. The van der Waals surface area contributed by atoms with Crippen LogP contribution in [0.25, 0.3) is 0 Å². The number of rotatable bonds is 4. The molecule has 1 heterocycles. The maximum absolute atomic E-state index is 12.6. The fraction of sp³-hybridized carbons (Fsp3) is 0.458. The Hall–Kier alpha value is -2.74. The topological polar surface area (TPSA) is 42.0 Å². The van der Waals surface area contributed by atoms with Gasteiger partial charge in [0.05, 0.1) is 5.56 Å². The number of halogens is 3. The molecule has 1 aliphatic carbocycles. The third-order valence-corrected chi connectivity index (χ3v) is 6.11. The molecule has 0 spiro atoms. The third-order valence-electron chi connectivity index (χ3n) is 6.11. The Morgan fingerprint density at radius 1 is 0.781 bits per heavy atom. The molecule has 8 heteroatoms. The second-order valence-electron chi connectivity index (χ2n) is 8.28. The Morgan fingerprint density at radius 3 is 1.88 bits per heavy atom. The van der Waals surface area contributed by atoms with Gasteiger partial charge in [0.2, 0.25) is 0 Å². The molecule has 2 fully saturated rings. The van der Waals surface area contributed by atoms with E-state index < -0.39 is 11.7 Å². The minimum Gasteiger partial charge on any atom is -0.457 e. The van der Waals surface area contributed by atoms with Gasteiger partial charge in [-0.05, 0) is 61.4 Å². The van der Waals surface area contributed by atoms with Gasteiger partial charge >= 0.3 is 12.3 Å². The van der Waals surface area contributed by atoms with Crippen molar-refractivity contribution in [2.24, 2.45) is 0 Å². The van der Waals surface area contributed by atoms with E-state index in [0.717, 1.165) is 25.2 Å². The summed E-state index contributed by atoms with van der Waals surface area (Å²) in [4.78, 5) is 16.7. The van der Waals surface area contributed by atoms with E-state index in [-0.39, 0.29) is 6.09 Å². The average molecular weight is 448 g/mol. The zero-order valence-electron chi connectivity index (χ0n) is 17.8. The number of carbonyl (C=O) groups is 1. The summed E-state index contributed by atoms with van der Waals surface area (Å²) in [6, 6.07) is 11.6. The van der Waals surface area contributed by atoms with Crippen molar-refractivity contribution in [2.75, 3.05) is 26.2 Å². The van der Waals surface area contributed by atoms with Crippen molar-refractivity contribution in [3.05, 3.63) is 54.1 Å². The molecule has 2 aromatic rings. The molecule has 2 aromatic carbocycles. The number of piperazine rings is 1. The summed E-state index contributed by atoms with van der Waals surface area (Å²) in [5.41, 5.74) is -0.730. The molecule has 0 atom stereocenters. The average Bonchev–Trinajstić information content (AvgIpc) is 2.81. The quantitative estimate of drug-likeness (QED) is 0.580. The molecule has 1 aliphatic heterocycles. The molecule has 2 aliphatic rings. The highest BCUT2D eigenvalue weighted by Crippen LogP contribution is 2.32. The summed E-state index contributed by atoms with van der Waals surface area (Å²) >= 11 is 0. The molecule has 4 rings (SSSR count). The van der Waals surface area contributed by atoms with Gasteiger partial charge in [-0.15, -0.1) is 0 Å². The van der Waals surface area contributed by atoms with Crippen molar-refractivity contribution < 1.29 is 27.4 Å². The van der Waals surface area contributed by atoms with Crippen LogP contribution in [-0.4, -0.2) is 48.1 Å². The van der Waals surface area contributed by atoms with Crippen LogP contribution in [0, 0.1) is 0 Å². The first kappa shape index (κ1) is 22.5. The predicted molar refractivity (Wildman–Crippen MR) is 114 cm³/mol. The van der Waals surface area contributed by atoms with Crippen molar-refractivity contribution >= 4 is 6.09 Å². The highest BCUT2D eigenvalue weighted by molar-refractivity contribution is 5.70. The molecule has 0 aromatic heterocycles. The zero-order valence-corrected chi connectivity index (χ0v) is 17.8. The van der Waals surface area contributed by atoms with Gasteiger partial charge < -0.3 is 14.4 Å².